The Morgan fingerprint density at radius 1 is 1.38 bits per heavy atom. The van der Waals surface area contributed by atoms with Gasteiger partial charge in [0, 0.05) is 22.0 Å². The van der Waals surface area contributed by atoms with Crippen molar-refractivity contribution in [2.75, 3.05) is 13.1 Å². The van der Waals surface area contributed by atoms with E-state index in [1.807, 2.05) is 18.2 Å². The van der Waals surface area contributed by atoms with Gasteiger partial charge in [0.25, 0.3) is 5.91 Å². The second-order valence-corrected chi connectivity index (χ2v) is 4.81. The van der Waals surface area contributed by atoms with Gasteiger partial charge in [-0.15, -0.1) is 0 Å². The first kappa shape index (κ1) is 13.4. The Labute approximate surface area is 111 Å². The predicted molar refractivity (Wildman–Crippen MR) is 72.4 cm³/mol. The van der Waals surface area contributed by atoms with E-state index in [0.717, 1.165) is 8.95 Å². The summed E-state index contributed by atoms with van der Waals surface area (Å²) < 4.78 is 1.65. The van der Waals surface area contributed by atoms with E-state index in [-0.39, 0.29) is 5.91 Å². The summed E-state index contributed by atoms with van der Waals surface area (Å²) in [4.78, 5) is 11.8. The number of amides is 1. The van der Waals surface area contributed by atoms with E-state index in [0.29, 0.717) is 18.7 Å². The molecule has 3 nitrogen and oxygen atoms in total. The van der Waals surface area contributed by atoms with Crippen molar-refractivity contribution in [1.82, 2.24) is 5.32 Å². The number of hydrogen-bond donors (Lipinski definition) is 2. The normalized spacial score (nSPS) is 10.7. The summed E-state index contributed by atoms with van der Waals surface area (Å²) in [5, 5.41) is 2.77. The van der Waals surface area contributed by atoms with Crippen LogP contribution in [0.3, 0.4) is 0 Å². The molecule has 1 aromatic carbocycles. The van der Waals surface area contributed by atoms with Crippen LogP contribution in [-0.4, -0.2) is 19.0 Å². The molecular formula is C11H12Br2N2O. The van der Waals surface area contributed by atoms with Gasteiger partial charge in [0.2, 0.25) is 0 Å². The number of rotatable bonds is 4. The Morgan fingerprint density at radius 2 is 2.12 bits per heavy atom. The predicted octanol–water partition coefficient (Wildman–Crippen LogP) is 2.46. The van der Waals surface area contributed by atoms with Gasteiger partial charge in [-0.05, 0) is 34.1 Å². The van der Waals surface area contributed by atoms with Gasteiger partial charge in [0.15, 0.2) is 0 Å². The third-order valence-corrected chi connectivity index (χ3v) is 3.04. The summed E-state index contributed by atoms with van der Waals surface area (Å²) in [6, 6.07) is 5.47. The van der Waals surface area contributed by atoms with Gasteiger partial charge < -0.3 is 11.1 Å². The van der Waals surface area contributed by atoms with Crippen molar-refractivity contribution >= 4 is 37.8 Å². The highest BCUT2D eigenvalue weighted by molar-refractivity contribution is 9.11. The van der Waals surface area contributed by atoms with Crippen molar-refractivity contribution in [3.8, 4) is 0 Å². The van der Waals surface area contributed by atoms with Crippen LogP contribution in [0.25, 0.3) is 0 Å². The maximum atomic E-state index is 11.8. The Balaban J connectivity index is 2.65. The van der Waals surface area contributed by atoms with Gasteiger partial charge in [-0.2, -0.15) is 0 Å². The largest absolute Gasteiger partial charge is 0.349 e. The molecule has 0 saturated heterocycles. The number of benzene rings is 1. The zero-order valence-electron chi connectivity index (χ0n) is 8.54. The molecule has 1 aromatic rings. The number of nitrogens with two attached hydrogens (primary N) is 1. The lowest BCUT2D eigenvalue weighted by Gasteiger charge is -2.05. The lowest BCUT2D eigenvalue weighted by molar-refractivity contribution is 0.0957. The molecule has 0 bridgehead atoms. The van der Waals surface area contributed by atoms with Crippen molar-refractivity contribution in [3.63, 3.8) is 0 Å². The molecule has 5 heteroatoms. The maximum absolute atomic E-state index is 11.8. The second kappa shape index (κ2) is 6.83. The topological polar surface area (TPSA) is 55.1 Å². The van der Waals surface area contributed by atoms with Crippen LogP contribution in [0.2, 0.25) is 0 Å². The Kier molecular flexibility index (Phi) is 5.73. The number of nitrogens with one attached hydrogen (secondary N) is 1. The van der Waals surface area contributed by atoms with Crippen molar-refractivity contribution < 1.29 is 4.79 Å². The van der Waals surface area contributed by atoms with E-state index < -0.39 is 0 Å². The van der Waals surface area contributed by atoms with E-state index in [9.17, 15) is 4.79 Å². The summed E-state index contributed by atoms with van der Waals surface area (Å²) in [5.41, 5.74) is 5.89. The number of hydrogen-bond acceptors (Lipinski definition) is 2. The zero-order valence-corrected chi connectivity index (χ0v) is 11.7. The average molecular weight is 348 g/mol. The van der Waals surface area contributed by atoms with Crippen LogP contribution in [0.4, 0.5) is 0 Å². The third-order valence-electron chi connectivity index (χ3n) is 1.86. The molecule has 0 unspecified atom stereocenters. The Morgan fingerprint density at radius 3 is 2.81 bits per heavy atom. The molecule has 0 radical (unpaired) electrons. The SMILES string of the molecule is NC/C=C/CNC(=O)c1cc(Br)ccc1Br. The minimum Gasteiger partial charge on any atom is -0.349 e. The molecule has 0 spiro atoms. The molecule has 0 atom stereocenters. The standard InChI is InChI=1S/C11H12Br2N2O/c12-8-3-4-10(13)9(7-8)11(16)15-6-2-1-5-14/h1-4,7H,5-6,14H2,(H,15,16)/b2-1+. The Hall–Kier alpha value is -0.650. The lowest BCUT2D eigenvalue weighted by atomic mass is 10.2. The zero-order chi connectivity index (χ0) is 12.0. The van der Waals surface area contributed by atoms with E-state index in [1.54, 1.807) is 12.1 Å². The minimum atomic E-state index is -0.116. The van der Waals surface area contributed by atoms with Crippen LogP contribution in [-0.2, 0) is 0 Å². The van der Waals surface area contributed by atoms with Gasteiger partial charge in [-0.1, -0.05) is 28.1 Å². The molecule has 3 N–H and O–H groups in total. The molecule has 0 fully saturated rings. The van der Waals surface area contributed by atoms with Gasteiger partial charge >= 0.3 is 0 Å². The van der Waals surface area contributed by atoms with Crippen LogP contribution in [0, 0.1) is 0 Å². The first-order valence-corrected chi connectivity index (χ1v) is 6.32. The van der Waals surface area contributed by atoms with Crippen molar-refractivity contribution in [2.45, 2.75) is 0 Å². The highest BCUT2D eigenvalue weighted by Gasteiger charge is 2.08. The second-order valence-electron chi connectivity index (χ2n) is 3.04. The summed E-state index contributed by atoms with van der Waals surface area (Å²) in [6.45, 7) is 0.964. The number of carbonyl (C=O) groups is 1. The van der Waals surface area contributed by atoms with Crippen LogP contribution < -0.4 is 11.1 Å². The van der Waals surface area contributed by atoms with Gasteiger partial charge in [-0.25, -0.2) is 0 Å². The molecule has 1 rings (SSSR count). The van der Waals surface area contributed by atoms with Crippen LogP contribution in [0.5, 0.6) is 0 Å². The molecule has 16 heavy (non-hydrogen) atoms. The lowest BCUT2D eigenvalue weighted by Crippen LogP contribution is -2.23. The molecule has 86 valence electrons. The fourth-order valence-corrected chi connectivity index (χ4v) is 1.89. The number of carbonyl (C=O) groups excluding carboxylic acids is 1. The van der Waals surface area contributed by atoms with E-state index in [1.165, 1.54) is 0 Å². The van der Waals surface area contributed by atoms with Gasteiger partial charge in [0.1, 0.15) is 0 Å². The fourth-order valence-electron chi connectivity index (χ4n) is 1.10. The molecule has 0 aliphatic rings. The Bertz CT molecular complexity index is 405. The molecule has 0 saturated carbocycles. The van der Waals surface area contributed by atoms with Gasteiger partial charge in [-0.3, -0.25) is 4.79 Å². The first-order valence-electron chi connectivity index (χ1n) is 4.73. The monoisotopic (exact) mass is 346 g/mol. The van der Waals surface area contributed by atoms with Crippen LogP contribution in [0.1, 0.15) is 10.4 Å². The molecular weight excluding hydrogens is 336 g/mol. The van der Waals surface area contributed by atoms with Crippen molar-refractivity contribution in [1.29, 1.82) is 0 Å². The third kappa shape index (κ3) is 4.08. The highest BCUT2D eigenvalue weighted by Crippen LogP contribution is 2.21. The van der Waals surface area contributed by atoms with Crippen LogP contribution >= 0.6 is 31.9 Å². The van der Waals surface area contributed by atoms with E-state index >= 15 is 0 Å². The van der Waals surface area contributed by atoms with E-state index in [2.05, 4.69) is 37.2 Å². The van der Waals surface area contributed by atoms with Gasteiger partial charge in [0.05, 0.1) is 5.56 Å². The average Bonchev–Trinajstić information content (AvgIpc) is 2.27. The molecule has 0 heterocycles. The quantitative estimate of drug-likeness (QED) is 0.822. The smallest absolute Gasteiger partial charge is 0.252 e. The maximum Gasteiger partial charge on any atom is 0.252 e. The number of halogens is 2. The summed E-state index contributed by atoms with van der Waals surface area (Å²) >= 11 is 6.66. The highest BCUT2D eigenvalue weighted by atomic mass is 79.9. The molecule has 0 aliphatic heterocycles. The molecule has 0 aromatic heterocycles. The minimum absolute atomic E-state index is 0.116. The molecule has 1 amide bonds. The van der Waals surface area contributed by atoms with Crippen molar-refractivity contribution in [3.05, 3.63) is 44.9 Å². The molecule has 0 aliphatic carbocycles. The fraction of sp³-hybridized carbons (Fsp3) is 0.182. The summed E-state index contributed by atoms with van der Waals surface area (Å²) in [7, 11) is 0. The summed E-state index contributed by atoms with van der Waals surface area (Å²) in [5.74, 6) is -0.116. The summed E-state index contributed by atoms with van der Waals surface area (Å²) in [6.07, 6.45) is 3.63. The first-order chi connectivity index (χ1) is 7.65. The van der Waals surface area contributed by atoms with Crippen molar-refractivity contribution in [2.24, 2.45) is 5.73 Å². The van der Waals surface area contributed by atoms with Crippen LogP contribution in [0.15, 0.2) is 39.3 Å². The van der Waals surface area contributed by atoms with E-state index in [4.69, 9.17) is 5.73 Å².